The molecule has 0 amide bonds. The Kier molecular flexibility index (Phi) is 5.37. The van der Waals surface area contributed by atoms with Crippen molar-refractivity contribution in [2.24, 2.45) is 5.92 Å². The van der Waals surface area contributed by atoms with Crippen LogP contribution in [0.1, 0.15) is 32.6 Å². The van der Waals surface area contributed by atoms with Gasteiger partial charge in [-0.1, -0.05) is 6.92 Å². The van der Waals surface area contributed by atoms with Crippen molar-refractivity contribution in [2.45, 2.75) is 32.6 Å². The fraction of sp³-hybridized carbons (Fsp3) is 1.00. The Hall–Kier alpha value is -0.0800. The van der Waals surface area contributed by atoms with Crippen molar-refractivity contribution < 1.29 is 0 Å². The summed E-state index contributed by atoms with van der Waals surface area (Å²) in [7, 11) is 0. The van der Waals surface area contributed by atoms with Crippen LogP contribution in [0, 0.1) is 5.92 Å². The predicted octanol–water partition coefficient (Wildman–Crippen LogP) is 1.38. The first kappa shape index (κ1) is 10.0. The van der Waals surface area contributed by atoms with Gasteiger partial charge < -0.3 is 10.6 Å². The van der Waals surface area contributed by atoms with Gasteiger partial charge in [0, 0.05) is 0 Å². The Bertz CT molecular complexity index is 96.0. The molecule has 0 aromatic heterocycles. The highest BCUT2D eigenvalue weighted by Gasteiger charge is 2.10. The summed E-state index contributed by atoms with van der Waals surface area (Å²) >= 11 is 0. The van der Waals surface area contributed by atoms with Crippen LogP contribution >= 0.6 is 0 Å². The molecule has 12 heavy (non-hydrogen) atoms. The van der Waals surface area contributed by atoms with Crippen molar-refractivity contribution in [3.8, 4) is 0 Å². The van der Waals surface area contributed by atoms with E-state index in [0.29, 0.717) is 0 Å². The second kappa shape index (κ2) is 6.44. The summed E-state index contributed by atoms with van der Waals surface area (Å²) in [5.41, 5.74) is 0. The summed E-state index contributed by atoms with van der Waals surface area (Å²) in [6, 6.07) is 0. The van der Waals surface area contributed by atoms with Crippen LogP contribution in [0.15, 0.2) is 0 Å². The fourth-order valence-corrected chi connectivity index (χ4v) is 1.86. The van der Waals surface area contributed by atoms with Crippen molar-refractivity contribution >= 4 is 0 Å². The Morgan fingerprint density at radius 1 is 1.33 bits per heavy atom. The summed E-state index contributed by atoms with van der Waals surface area (Å²) in [6.07, 6.45) is 5.55. The molecule has 0 aromatic carbocycles. The number of hydrogen-bond acceptors (Lipinski definition) is 2. The molecule has 0 aromatic rings. The minimum atomic E-state index is 0.971. The lowest BCUT2D eigenvalue weighted by atomic mass is 9.97. The summed E-state index contributed by atoms with van der Waals surface area (Å²) in [5.74, 6) is 0.971. The summed E-state index contributed by atoms with van der Waals surface area (Å²) < 4.78 is 0. The standard InChI is InChI=1S/C10H22N2/c1-2-11-8-5-10-4-3-7-12-9-6-10/h10-12H,2-9H2,1H3. The lowest BCUT2D eigenvalue weighted by Crippen LogP contribution is -2.18. The minimum Gasteiger partial charge on any atom is -0.317 e. The van der Waals surface area contributed by atoms with Gasteiger partial charge >= 0.3 is 0 Å². The van der Waals surface area contributed by atoms with Crippen LogP contribution in [0.4, 0.5) is 0 Å². The molecule has 1 rings (SSSR count). The third-order valence-corrected chi connectivity index (χ3v) is 2.67. The highest BCUT2D eigenvalue weighted by molar-refractivity contribution is 4.67. The third kappa shape index (κ3) is 4.07. The van der Waals surface area contributed by atoms with Gasteiger partial charge in [0.1, 0.15) is 0 Å². The molecular weight excluding hydrogens is 148 g/mol. The van der Waals surface area contributed by atoms with Gasteiger partial charge in [-0.3, -0.25) is 0 Å². The predicted molar refractivity (Wildman–Crippen MR) is 53.4 cm³/mol. The molecule has 1 unspecified atom stereocenters. The summed E-state index contributed by atoms with van der Waals surface area (Å²) in [4.78, 5) is 0. The van der Waals surface area contributed by atoms with E-state index < -0.39 is 0 Å². The van der Waals surface area contributed by atoms with Crippen LogP contribution in [0.3, 0.4) is 0 Å². The van der Waals surface area contributed by atoms with Crippen LogP contribution in [0.5, 0.6) is 0 Å². The maximum atomic E-state index is 3.45. The van der Waals surface area contributed by atoms with Crippen molar-refractivity contribution in [1.29, 1.82) is 0 Å². The lowest BCUT2D eigenvalue weighted by Gasteiger charge is -2.12. The largest absolute Gasteiger partial charge is 0.317 e. The molecule has 0 aliphatic carbocycles. The van der Waals surface area contributed by atoms with Crippen LogP contribution in [0.2, 0.25) is 0 Å². The molecule has 2 nitrogen and oxygen atoms in total. The SMILES string of the molecule is CCNCCC1CCCNCC1. The Labute approximate surface area is 76.1 Å². The molecular formula is C10H22N2. The van der Waals surface area contributed by atoms with Gasteiger partial charge in [0.2, 0.25) is 0 Å². The zero-order valence-corrected chi connectivity index (χ0v) is 8.23. The molecule has 2 heteroatoms. The van der Waals surface area contributed by atoms with Gasteiger partial charge in [-0.15, -0.1) is 0 Å². The zero-order valence-electron chi connectivity index (χ0n) is 8.23. The average molecular weight is 170 g/mol. The molecule has 0 bridgehead atoms. The van der Waals surface area contributed by atoms with Gasteiger partial charge in [-0.05, 0) is 57.8 Å². The van der Waals surface area contributed by atoms with Crippen LogP contribution in [-0.4, -0.2) is 26.2 Å². The summed E-state index contributed by atoms with van der Waals surface area (Å²) in [6.45, 7) is 6.97. The lowest BCUT2D eigenvalue weighted by molar-refractivity contribution is 0.427. The maximum absolute atomic E-state index is 3.45. The molecule has 0 saturated carbocycles. The van der Waals surface area contributed by atoms with Crippen molar-refractivity contribution in [1.82, 2.24) is 10.6 Å². The Morgan fingerprint density at radius 2 is 2.25 bits per heavy atom. The van der Waals surface area contributed by atoms with E-state index in [-0.39, 0.29) is 0 Å². The van der Waals surface area contributed by atoms with Crippen LogP contribution in [-0.2, 0) is 0 Å². The van der Waals surface area contributed by atoms with Gasteiger partial charge in [0.25, 0.3) is 0 Å². The second-order valence-corrected chi connectivity index (χ2v) is 3.69. The quantitative estimate of drug-likeness (QED) is 0.623. The molecule has 1 saturated heterocycles. The van der Waals surface area contributed by atoms with E-state index in [0.717, 1.165) is 12.5 Å². The third-order valence-electron chi connectivity index (χ3n) is 2.67. The number of rotatable bonds is 4. The van der Waals surface area contributed by atoms with Crippen molar-refractivity contribution in [3.63, 3.8) is 0 Å². The van der Waals surface area contributed by atoms with E-state index in [4.69, 9.17) is 0 Å². The smallest absolute Gasteiger partial charge is 0.00463 e. The molecule has 0 radical (unpaired) electrons. The maximum Gasteiger partial charge on any atom is -0.00463 e. The number of hydrogen-bond donors (Lipinski definition) is 2. The topological polar surface area (TPSA) is 24.1 Å². The first-order chi connectivity index (χ1) is 5.93. The highest BCUT2D eigenvalue weighted by atomic mass is 14.9. The average Bonchev–Trinajstić information content (AvgIpc) is 2.33. The van der Waals surface area contributed by atoms with E-state index in [1.807, 2.05) is 0 Å². The first-order valence-electron chi connectivity index (χ1n) is 5.35. The molecule has 1 aliphatic rings. The first-order valence-corrected chi connectivity index (χ1v) is 5.35. The highest BCUT2D eigenvalue weighted by Crippen LogP contribution is 2.16. The normalized spacial score (nSPS) is 25.2. The monoisotopic (exact) mass is 170 g/mol. The minimum absolute atomic E-state index is 0.971. The van der Waals surface area contributed by atoms with Gasteiger partial charge in [-0.2, -0.15) is 0 Å². The fourth-order valence-electron chi connectivity index (χ4n) is 1.86. The van der Waals surface area contributed by atoms with E-state index in [1.165, 1.54) is 45.3 Å². The second-order valence-electron chi connectivity index (χ2n) is 3.69. The van der Waals surface area contributed by atoms with Gasteiger partial charge in [-0.25, -0.2) is 0 Å². The molecule has 72 valence electrons. The van der Waals surface area contributed by atoms with E-state index in [1.54, 1.807) is 0 Å². The Balaban J connectivity index is 2.04. The summed E-state index contributed by atoms with van der Waals surface area (Å²) in [5, 5.41) is 6.84. The van der Waals surface area contributed by atoms with E-state index in [2.05, 4.69) is 17.6 Å². The molecule has 0 spiro atoms. The Morgan fingerprint density at radius 3 is 3.08 bits per heavy atom. The van der Waals surface area contributed by atoms with Crippen LogP contribution < -0.4 is 10.6 Å². The molecule has 1 fully saturated rings. The van der Waals surface area contributed by atoms with Crippen molar-refractivity contribution in [2.75, 3.05) is 26.2 Å². The van der Waals surface area contributed by atoms with Crippen LogP contribution in [0.25, 0.3) is 0 Å². The molecule has 2 N–H and O–H groups in total. The molecule has 1 heterocycles. The zero-order chi connectivity index (χ0) is 8.65. The molecule has 1 aliphatic heterocycles. The van der Waals surface area contributed by atoms with Gasteiger partial charge in [0.15, 0.2) is 0 Å². The van der Waals surface area contributed by atoms with Crippen molar-refractivity contribution in [3.05, 3.63) is 0 Å². The van der Waals surface area contributed by atoms with E-state index in [9.17, 15) is 0 Å². The van der Waals surface area contributed by atoms with Gasteiger partial charge in [0.05, 0.1) is 0 Å². The number of nitrogens with one attached hydrogen (secondary N) is 2. The molecule has 1 atom stereocenters. The van der Waals surface area contributed by atoms with E-state index >= 15 is 0 Å².